The van der Waals surface area contributed by atoms with Gasteiger partial charge in [-0.15, -0.1) is 0 Å². The molecule has 1 aliphatic carbocycles. The first-order valence-electron chi connectivity index (χ1n) is 8.75. The van der Waals surface area contributed by atoms with Crippen LogP contribution in [0.15, 0.2) is 41.3 Å². The summed E-state index contributed by atoms with van der Waals surface area (Å²) in [5, 5.41) is 10.4. The number of carboxylic acids is 1. The number of rotatable bonds is 5. The summed E-state index contributed by atoms with van der Waals surface area (Å²) in [6.45, 7) is 0.342. The first-order chi connectivity index (χ1) is 13.3. The highest BCUT2D eigenvalue weighted by Gasteiger charge is 2.32. The summed E-state index contributed by atoms with van der Waals surface area (Å²) in [7, 11) is 0. The molecule has 0 aliphatic heterocycles. The van der Waals surface area contributed by atoms with E-state index in [4.69, 9.17) is 11.6 Å². The summed E-state index contributed by atoms with van der Waals surface area (Å²) in [4.78, 5) is 11.2. The first-order valence-corrected chi connectivity index (χ1v) is 10.2. The molecule has 1 N–H and O–H groups in total. The molecule has 28 heavy (non-hydrogen) atoms. The van der Waals surface area contributed by atoms with Crippen molar-refractivity contribution in [3.8, 4) is 0 Å². The number of fused-ring (bicyclic) bond motifs is 3. The average Bonchev–Trinajstić information content (AvgIpc) is 3.16. The van der Waals surface area contributed by atoms with Crippen molar-refractivity contribution in [2.45, 2.75) is 36.6 Å². The zero-order chi connectivity index (χ0) is 20.0. The Balaban J connectivity index is 1.97. The van der Waals surface area contributed by atoms with E-state index in [0.29, 0.717) is 35.3 Å². The van der Waals surface area contributed by atoms with Gasteiger partial charge in [0.25, 0.3) is 0 Å². The Labute approximate surface area is 168 Å². The van der Waals surface area contributed by atoms with Gasteiger partial charge >= 0.3 is 5.97 Å². The molecule has 0 radical (unpaired) electrons. The highest BCUT2D eigenvalue weighted by atomic mass is 35.5. The monoisotopic (exact) mass is 420 g/mol. The van der Waals surface area contributed by atoms with E-state index < -0.39 is 22.9 Å². The Bertz CT molecular complexity index is 1110. The van der Waals surface area contributed by atoms with Crippen LogP contribution in [-0.4, -0.2) is 24.4 Å². The summed E-state index contributed by atoms with van der Waals surface area (Å²) in [5.41, 5.74) is 2.92. The van der Waals surface area contributed by atoms with Crippen molar-refractivity contribution in [2.24, 2.45) is 0 Å². The normalized spacial score (nSPS) is 17.0. The Morgan fingerprint density at radius 2 is 2.04 bits per heavy atom. The van der Waals surface area contributed by atoms with Gasteiger partial charge in [-0.2, -0.15) is 0 Å². The van der Waals surface area contributed by atoms with Gasteiger partial charge in [0.05, 0.1) is 16.8 Å². The number of nitrogens with zero attached hydrogens (tertiary/aromatic N) is 1. The second kappa shape index (κ2) is 7.31. The lowest BCUT2D eigenvalue weighted by molar-refractivity contribution is -0.137. The zero-order valence-corrected chi connectivity index (χ0v) is 16.2. The number of carbonyl (C=O) groups is 1. The van der Waals surface area contributed by atoms with Gasteiger partial charge in [0.2, 0.25) is 0 Å². The standard InChI is InChI=1S/C20H17ClFNO4S/c21-13-4-1-11(2-5-13)10-23-19-12(7-18(24)25)3-6-15(19)16-8-14(22)9-17(20(16)23)28(26)27/h1-2,4-5,8-9,12H,3,6-7,10H2,(H,24,25)(H,26,27)/p-1/t12-/m1/s1. The Morgan fingerprint density at radius 1 is 1.32 bits per heavy atom. The van der Waals surface area contributed by atoms with Crippen LogP contribution in [-0.2, 0) is 28.8 Å². The number of hydrogen-bond acceptors (Lipinski definition) is 3. The summed E-state index contributed by atoms with van der Waals surface area (Å²) in [5.74, 6) is -1.79. The molecule has 0 saturated heterocycles. The number of aromatic nitrogens is 1. The van der Waals surface area contributed by atoms with E-state index in [0.717, 1.165) is 22.9 Å². The van der Waals surface area contributed by atoms with Gasteiger partial charge in [0.15, 0.2) is 0 Å². The van der Waals surface area contributed by atoms with Crippen LogP contribution < -0.4 is 0 Å². The van der Waals surface area contributed by atoms with Crippen molar-refractivity contribution in [3.63, 3.8) is 0 Å². The fourth-order valence-corrected chi connectivity index (χ4v) is 4.87. The summed E-state index contributed by atoms with van der Waals surface area (Å²) >= 11 is 3.32. The minimum Gasteiger partial charge on any atom is -0.768 e. The smallest absolute Gasteiger partial charge is 0.304 e. The van der Waals surface area contributed by atoms with Crippen LogP contribution in [0.5, 0.6) is 0 Å². The van der Waals surface area contributed by atoms with Crippen molar-refractivity contribution in [3.05, 3.63) is 64.1 Å². The molecule has 146 valence electrons. The maximum absolute atomic E-state index is 14.1. The molecule has 0 spiro atoms. The highest BCUT2D eigenvalue weighted by molar-refractivity contribution is 7.79. The van der Waals surface area contributed by atoms with E-state index in [1.54, 1.807) is 12.1 Å². The molecule has 8 heteroatoms. The number of halogens is 2. The van der Waals surface area contributed by atoms with Gasteiger partial charge in [-0.1, -0.05) is 23.7 Å². The van der Waals surface area contributed by atoms with Crippen molar-refractivity contribution >= 4 is 39.6 Å². The molecule has 0 amide bonds. The Kier molecular flexibility index (Phi) is 4.99. The van der Waals surface area contributed by atoms with E-state index in [1.165, 1.54) is 6.07 Å². The zero-order valence-electron chi connectivity index (χ0n) is 14.7. The van der Waals surface area contributed by atoms with E-state index in [-0.39, 0.29) is 17.2 Å². The van der Waals surface area contributed by atoms with Crippen LogP contribution in [0.2, 0.25) is 5.02 Å². The molecule has 1 heterocycles. The molecule has 0 saturated carbocycles. The van der Waals surface area contributed by atoms with Gasteiger partial charge in [-0.25, -0.2) is 4.39 Å². The van der Waals surface area contributed by atoms with Gasteiger partial charge in [0.1, 0.15) is 5.82 Å². The van der Waals surface area contributed by atoms with E-state index in [1.807, 2.05) is 16.7 Å². The van der Waals surface area contributed by atoms with Crippen molar-refractivity contribution in [1.29, 1.82) is 0 Å². The molecule has 1 aromatic heterocycles. The minimum absolute atomic E-state index is 0.0534. The van der Waals surface area contributed by atoms with Gasteiger partial charge in [-0.3, -0.25) is 9.00 Å². The molecule has 2 atom stereocenters. The van der Waals surface area contributed by atoms with Crippen LogP contribution in [0.4, 0.5) is 4.39 Å². The van der Waals surface area contributed by atoms with E-state index >= 15 is 0 Å². The second-order valence-corrected chi connectivity index (χ2v) is 8.29. The summed E-state index contributed by atoms with van der Waals surface area (Å²) in [6.07, 6.45) is 1.17. The molecule has 3 aromatic rings. The fourth-order valence-electron chi connectivity index (χ4n) is 4.16. The Morgan fingerprint density at radius 3 is 2.68 bits per heavy atom. The van der Waals surface area contributed by atoms with Crippen LogP contribution in [0.3, 0.4) is 0 Å². The molecule has 0 bridgehead atoms. The largest absolute Gasteiger partial charge is 0.768 e. The minimum atomic E-state index is -2.63. The third kappa shape index (κ3) is 3.34. The van der Waals surface area contributed by atoms with Crippen LogP contribution in [0, 0.1) is 5.82 Å². The summed E-state index contributed by atoms with van der Waals surface area (Å²) in [6, 6.07) is 9.49. The first kappa shape index (κ1) is 19.1. The predicted molar refractivity (Wildman–Crippen MR) is 103 cm³/mol. The van der Waals surface area contributed by atoms with Crippen molar-refractivity contribution in [1.82, 2.24) is 4.57 Å². The molecular formula is C20H16ClFNO4S-. The molecule has 2 aromatic carbocycles. The maximum atomic E-state index is 14.1. The van der Waals surface area contributed by atoms with Gasteiger partial charge < -0.3 is 14.2 Å². The lowest BCUT2D eigenvalue weighted by atomic mass is 10.0. The SMILES string of the molecule is O=C(O)C[C@H]1CCc2c1n(Cc1ccc(Cl)cc1)c1c(S(=O)[O-])cc(F)cc21. The topological polar surface area (TPSA) is 82.4 Å². The molecule has 4 rings (SSSR count). The van der Waals surface area contributed by atoms with Crippen LogP contribution in [0.25, 0.3) is 10.9 Å². The molecular weight excluding hydrogens is 405 g/mol. The van der Waals surface area contributed by atoms with Crippen molar-refractivity contribution < 1.29 is 23.1 Å². The maximum Gasteiger partial charge on any atom is 0.304 e. The van der Waals surface area contributed by atoms with E-state index in [9.17, 15) is 23.1 Å². The number of hydrogen-bond donors (Lipinski definition) is 1. The predicted octanol–water partition coefficient (Wildman–Crippen LogP) is 4.22. The highest BCUT2D eigenvalue weighted by Crippen LogP contribution is 2.43. The lowest BCUT2D eigenvalue weighted by Crippen LogP contribution is -2.11. The molecule has 5 nitrogen and oxygen atoms in total. The molecule has 1 unspecified atom stereocenters. The van der Waals surface area contributed by atoms with Crippen LogP contribution in [0.1, 0.15) is 35.6 Å². The molecule has 0 fully saturated rings. The van der Waals surface area contributed by atoms with E-state index in [2.05, 4.69) is 0 Å². The summed E-state index contributed by atoms with van der Waals surface area (Å²) < 4.78 is 39.6. The lowest BCUT2D eigenvalue weighted by Gasteiger charge is -2.18. The quantitative estimate of drug-likeness (QED) is 0.626. The number of aryl methyl sites for hydroxylation is 1. The second-order valence-electron chi connectivity index (χ2n) is 6.94. The van der Waals surface area contributed by atoms with Crippen LogP contribution >= 0.6 is 11.6 Å². The average molecular weight is 421 g/mol. The van der Waals surface area contributed by atoms with Gasteiger partial charge in [-0.05, 0) is 59.3 Å². The Hall–Kier alpha value is -2.22. The molecule has 1 aliphatic rings. The van der Waals surface area contributed by atoms with Gasteiger partial charge in [0, 0.05) is 28.6 Å². The van der Waals surface area contributed by atoms with Crippen molar-refractivity contribution in [2.75, 3.05) is 0 Å². The fraction of sp³-hybridized carbons (Fsp3) is 0.250. The number of benzene rings is 2. The third-order valence-electron chi connectivity index (χ3n) is 5.22. The third-order valence-corrected chi connectivity index (χ3v) is 6.14. The number of carboxylic acid groups (broad SMARTS) is 1. The number of aliphatic carboxylic acids is 1.